The number of amides is 2. The largest absolute Gasteiger partial charge is 0.497 e. The van der Waals surface area contributed by atoms with Crippen LogP contribution in [0, 0.1) is 17.0 Å². The van der Waals surface area contributed by atoms with E-state index in [1.54, 1.807) is 25.1 Å². The van der Waals surface area contributed by atoms with Crippen molar-refractivity contribution >= 4 is 56.4 Å². The molecule has 1 N–H and O–H groups in total. The minimum absolute atomic E-state index is 0.00428. The fraction of sp³-hybridized carbons (Fsp3) is 0.355. The monoisotopic (exact) mass is 676 g/mol. The number of carbonyl (C=O) groups is 2. The molecule has 0 heterocycles. The van der Waals surface area contributed by atoms with Gasteiger partial charge in [-0.2, -0.15) is 0 Å². The number of nitrogens with zero attached hydrogens (tertiary/aromatic N) is 3. The molecule has 3 aromatic rings. The predicted octanol–water partition coefficient (Wildman–Crippen LogP) is 5.89. The van der Waals surface area contributed by atoms with Gasteiger partial charge >= 0.3 is 0 Å². The Balaban J connectivity index is 1.74. The normalized spacial score (nSPS) is 14.1. The van der Waals surface area contributed by atoms with Gasteiger partial charge in [0.05, 0.1) is 32.7 Å². The number of methoxy groups -OCH3 is 1. The molecule has 240 valence electrons. The maximum atomic E-state index is 14.1. The molecule has 4 rings (SSSR count). The molecule has 11 nitrogen and oxygen atoms in total. The minimum atomic E-state index is -4.52. The van der Waals surface area contributed by atoms with Crippen LogP contribution >= 0.6 is 23.2 Å². The third-order valence-corrected chi connectivity index (χ3v) is 10.3. The van der Waals surface area contributed by atoms with Crippen molar-refractivity contribution in [1.29, 1.82) is 0 Å². The van der Waals surface area contributed by atoms with E-state index in [0.717, 1.165) is 36.1 Å². The molecule has 2 amide bonds. The number of ether oxygens (including phenoxy) is 1. The van der Waals surface area contributed by atoms with Crippen LogP contribution in [0.3, 0.4) is 0 Å². The van der Waals surface area contributed by atoms with Gasteiger partial charge in [-0.25, -0.2) is 8.42 Å². The Labute approximate surface area is 272 Å². The van der Waals surface area contributed by atoms with Crippen molar-refractivity contribution in [2.45, 2.75) is 63.1 Å². The van der Waals surface area contributed by atoms with Crippen molar-refractivity contribution in [3.63, 3.8) is 0 Å². The summed E-state index contributed by atoms with van der Waals surface area (Å²) >= 11 is 12.3. The van der Waals surface area contributed by atoms with Crippen molar-refractivity contribution in [2.75, 3.05) is 18.0 Å². The van der Waals surface area contributed by atoms with Gasteiger partial charge in [0.15, 0.2) is 0 Å². The van der Waals surface area contributed by atoms with Gasteiger partial charge < -0.3 is 15.0 Å². The van der Waals surface area contributed by atoms with E-state index in [2.05, 4.69) is 5.32 Å². The summed E-state index contributed by atoms with van der Waals surface area (Å²) in [6.45, 7) is 2.30. The summed E-state index contributed by atoms with van der Waals surface area (Å²) in [6, 6.07) is 13.4. The number of anilines is 1. The summed E-state index contributed by atoms with van der Waals surface area (Å²) in [5, 5.41) is 15.2. The van der Waals surface area contributed by atoms with Gasteiger partial charge in [0, 0.05) is 24.2 Å². The zero-order valence-corrected chi connectivity index (χ0v) is 27.4. The van der Waals surface area contributed by atoms with E-state index in [9.17, 15) is 28.1 Å². The van der Waals surface area contributed by atoms with Gasteiger partial charge in [-0.1, -0.05) is 48.2 Å². The summed E-state index contributed by atoms with van der Waals surface area (Å²) in [7, 11) is -3.07. The Morgan fingerprint density at radius 1 is 1.04 bits per heavy atom. The Hall–Kier alpha value is -3.87. The number of nitrogens with one attached hydrogen (secondary N) is 1. The number of rotatable bonds is 12. The van der Waals surface area contributed by atoms with Crippen LogP contribution < -0.4 is 14.4 Å². The zero-order valence-electron chi connectivity index (χ0n) is 25.0. The molecule has 14 heteroatoms. The molecule has 1 saturated carbocycles. The molecule has 0 spiro atoms. The molecule has 0 aromatic heterocycles. The number of nitro groups is 1. The summed E-state index contributed by atoms with van der Waals surface area (Å²) in [6.07, 6.45) is 3.67. The SMILES string of the molecule is COc1ccc(N(CC(=O)N(Cc2ccc(Cl)c(Cl)c2)[C@H](C)C(=O)NC2CCCC2)S(=O)(=O)c2ccc(C)c([N+](=O)[O-])c2)cc1. The summed E-state index contributed by atoms with van der Waals surface area (Å²) in [5.74, 6) is -0.605. The second-order valence-corrected chi connectivity index (χ2v) is 13.5. The molecule has 1 fully saturated rings. The Kier molecular flexibility index (Phi) is 10.9. The number of halogens is 2. The maximum absolute atomic E-state index is 14.1. The van der Waals surface area contributed by atoms with Gasteiger partial charge in [0.1, 0.15) is 18.3 Å². The highest BCUT2D eigenvalue weighted by molar-refractivity contribution is 7.92. The number of carbonyl (C=O) groups excluding carboxylic acids is 2. The van der Waals surface area contributed by atoms with Crippen LogP contribution in [0.25, 0.3) is 0 Å². The molecule has 0 saturated heterocycles. The number of nitro benzene ring substituents is 1. The van der Waals surface area contributed by atoms with Crippen molar-refractivity contribution in [3.05, 3.63) is 92.0 Å². The van der Waals surface area contributed by atoms with Crippen molar-refractivity contribution < 1.29 is 27.7 Å². The number of aryl methyl sites for hydroxylation is 1. The molecular formula is C31H34Cl2N4O7S. The van der Waals surface area contributed by atoms with Crippen LogP contribution in [0.4, 0.5) is 11.4 Å². The Bertz CT molecular complexity index is 1680. The first kappa shape index (κ1) is 34.0. The molecule has 1 aliphatic rings. The zero-order chi connectivity index (χ0) is 32.9. The number of hydrogen-bond acceptors (Lipinski definition) is 7. The average Bonchev–Trinajstić information content (AvgIpc) is 3.53. The van der Waals surface area contributed by atoms with E-state index in [1.165, 1.54) is 55.3 Å². The summed E-state index contributed by atoms with van der Waals surface area (Å²) < 4.78 is 34.3. The topological polar surface area (TPSA) is 139 Å². The first-order chi connectivity index (χ1) is 21.3. The van der Waals surface area contributed by atoms with Crippen molar-refractivity contribution in [3.8, 4) is 5.75 Å². The standard InChI is InChI=1S/C31H34Cl2N4O7S/c1-20-8-14-26(17-29(20)37(40)41)45(42,43)36(24-10-12-25(44-3)13-11-24)19-30(38)35(18-22-9-15-27(32)28(33)16-22)21(2)31(39)34-23-6-4-5-7-23/h8-17,21,23H,4-7,18-19H2,1-3H3,(H,34,39)/t21-/m1/s1. The highest BCUT2D eigenvalue weighted by Gasteiger charge is 2.34. The Morgan fingerprint density at radius 2 is 1.71 bits per heavy atom. The lowest BCUT2D eigenvalue weighted by molar-refractivity contribution is -0.385. The third kappa shape index (κ3) is 8.05. The molecule has 45 heavy (non-hydrogen) atoms. The fourth-order valence-electron chi connectivity index (χ4n) is 5.16. The molecule has 0 aliphatic heterocycles. The van der Waals surface area contributed by atoms with E-state index in [1.807, 2.05) is 0 Å². The van der Waals surface area contributed by atoms with E-state index < -0.39 is 33.4 Å². The van der Waals surface area contributed by atoms with Gasteiger partial charge in [-0.15, -0.1) is 0 Å². The summed E-state index contributed by atoms with van der Waals surface area (Å²) in [5.41, 5.74) is 0.590. The quantitative estimate of drug-likeness (QED) is 0.186. The van der Waals surface area contributed by atoms with Gasteiger partial charge in [0.2, 0.25) is 11.8 Å². The average molecular weight is 678 g/mol. The van der Waals surface area contributed by atoms with Crippen molar-refractivity contribution in [2.24, 2.45) is 0 Å². The van der Waals surface area contributed by atoms with Crippen LogP contribution in [-0.4, -0.2) is 55.8 Å². The molecule has 0 bridgehead atoms. The fourth-order valence-corrected chi connectivity index (χ4v) is 6.92. The number of benzene rings is 3. The van der Waals surface area contributed by atoms with Crippen LogP contribution in [0.2, 0.25) is 10.0 Å². The van der Waals surface area contributed by atoms with Crippen LogP contribution in [0.1, 0.15) is 43.7 Å². The molecule has 1 aliphatic carbocycles. The lowest BCUT2D eigenvalue weighted by atomic mass is 10.1. The minimum Gasteiger partial charge on any atom is -0.497 e. The number of hydrogen-bond donors (Lipinski definition) is 1. The second-order valence-electron chi connectivity index (χ2n) is 10.9. The highest BCUT2D eigenvalue weighted by atomic mass is 35.5. The van der Waals surface area contributed by atoms with Gasteiger partial charge in [-0.05, 0) is 74.7 Å². The van der Waals surface area contributed by atoms with Crippen molar-refractivity contribution in [1.82, 2.24) is 10.2 Å². The lowest BCUT2D eigenvalue weighted by Crippen LogP contribution is -2.52. The van der Waals surface area contributed by atoms with E-state index in [-0.39, 0.29) is 45.4 Å². The molecule has 0 unspecified atom stereocenters. The van der Waals surface area contributed by atoms with Gasteiger partial charge in [-0.3, -0.25) is 24.0 Å². The smallest absolute Gasteiger partial charge is 0.273 e. The lowest BCUT2D eigenvalue weighted by Gasteiger charge is -2.32. The second kappa shape index (κ2) is 14.5. The van der Waals surface area contributed by atoms with Crippen LogP contribution in [0.15, 0.2) is 65.6 Å². The molecule has 0 radical (unpaired) electrons. The first-order valence-electron chi connectivity index (χ1n) is 14.3. The van der Waals surface area contributed by atoms with E-state index in [0.29, 0.717) is 16.3 Å². The van der Waals surface area contributed by atoms with Crippen LogP contribution in [-0.2, 0) is 26.2 Å². The number of sulfonamides is 1. The van der Waals surface area contributed by atoms with Gasteiger partial charge in [0.25, 0.3) is 15.7 Å². The molecular weight excluding hydrogens is 643 g/mol. The van der Waals surface area contributed by atoms with E-state index in [4.69, 9.17) is 27.9 Å². The van der Waals surface area contributed by atoms with Crippen LogP contribution in [0.5, 0.6) is 5.75 Å². The highest BCUT2D eigenvalue weighted by Crippen LogP contribution is 2.30. The molecule has 3 aromatic carbocycles. The third-order valence-electron chi connectivity index (χ3n) is 7.81. The van der Waals surface area contributed by atoms with E-state index >= 15 is 0 Å². The maximum Gasteiger partial charge on any atom is 0.273 e. The Morgan fingerprint density at radius 3 is 2.31 bits per heavy atom. The first-order valence-corrected chi connectivity index (χ1v) is 16.5. The predicted molar refractivity (Wildman–Crippen MR) is 172 cm³/mol. The summed E-state index contributed by atoms with van der Waals surface area (Å²) in [4.78, 5) is 39.4. The molecule has 1 atom stereocenters.